The van der Waals surface area contributed by atoms with Gasteiger partial charge in [-0.1, -0.05) is 25.4 Å². The van der Waals surface area contributed by atoms with E-state index in [1.165, 1.54) is 0 Å². The monoisotopic (exact) mass is 458 g/mol. The first-order valence-electron chi connectivity index (χ1n) is 6.91. The number of benzene rings is 1. The summed E-state index contributed by atoms with van der Waals surface area (Å²) in [5.74, 6) is 0.184. The van der Waals surface area contributed by atoms with Gasteiger partial charge in [0.1, 0.15) is 12.2 Å². The molecule has 0 aliphatic carbocycles. The first-order chi connectivity index (χ1) is 10.6. The van der Waals surface area contributed by atoms with Crippen molar-refractivity contribution >= 4 is 58.6 Å². The van der Waals surface area contributed by atoms with Crippen LogP contribution in [0.5, 0.6) is 5.75 Å². The Balaban J connectivity index is 0.00000116. The smallest absolute Gasteiger partial charge is 0.467 e. The summed E-state index contributed by atoms with van der Waals surface area (Å²) < 4.78 is 15.7. The molecule has 1 aromatic rings. The van der Waals surface area contributed by atoms with Crippen LogP contribution in [0.4, 0.5) is 0 Å². The molecule has 0 spiro atoms. The zero-order valence-corrected chi connectivity index (χ0v) is 16.5. The lowest BCUT2D eigenvalue weighted by Crippen LogP contribution is -2.28. The van der Waals surface area contributed by atoms with Crippen molar-refractivity contribution in [2.45, 2.75) is 33.3 Å². The van der Waals surface area contributed by atoms with Gasteiger partial charge in [-0.3, -0.25) is 4.79 Å². The van der Waals surface area contributed by atoms with Gasteiger partial charge in [-0.25, -0.2) is 0 Å². The molecule has 1 aliphatic rings. The van der Waals surface area contributed by atoms with Crippen molar-refractivity contribution in [2.24, 2.45) is 0 Å². The standard InChI is InChI=1S/C11H12BClIO5P.C2H6/c1-2-17-10(15)5-9-11-7(12(16)18-9)3-6(19-20-14)4-8(11)13;1-2/h3-4,9,16,20H,2,5H2,1H3;1-2H3. The Kier molecular flexibility index (Phi) is 9.01. The van der Waals surface area contributed by atoms with Crippen molar-refractivity contribution in [2.75, 3.05) is 6.61 Å². The predicted molar refractivity (Wildman–Crippen MR) is 98.4 cm³/mol. The summed E-state index contributed by atoms with van der Waals surface area (Å²) in [4.78, 5) is 11.5. The highest BCUT2D eigenvalue weighted by atomic mass is 127. The summed E-state index contributed by atoms with van der Waals surface area (Å²) in [6.07, 6.45) is -0.575. The molecule has 9 heteroatoms. The van der Waals surface area contributed by atoms with E-state index in [4.69, 9.17) is 25.5 Å². The maximum Gasteiger partial charge on any atom is 0.492 e. The molecule has 2 rings (SSSR count). The molecular formula is C13H18BClIO5P. The van der Waals surface area contributed by atoms with Gasteiger partial charge in [0.05, 0.1) is 19.1 Å². The Morgan fingerprint density at radius 1 is 1.55 bits per heavy atom. The molecule has 0 saturated carbocycles. The number of fused-ring (bicyclic) bond motifs is 1. The van der Waals surface area contributed by atoms with Crippen LogP contribution in [0.25, 0.3) is 0 Å². The van der Waals surface area contributed by atoms with Crippen molar-refractivity contribution in [3.63, 3.8) is 0 Å². The molecule has 2 unspecified atom stereocenters. The van der Waals surface area contributed by atoms with Crippen LogP contribution in [-0.2, 0) is 14.2 Å². The van der Waals surface area contributed by atoms with Crippen LogP contribution >= 0.6 is 40.1 Å². The number of halogens is 2. The van der Waals surface area contributed by atoms with Crippen LogP contribution in [0.2, 0.25) is 5.02 Å². The second-order valence-corrected chi connectivity index (χ2v) is 6.16. The zero-order valence-electron chi connectivity index (χ0n) is 12.6. The van der Waals surface area contributed by atoms with Crippen LogP contribution in [0.3, 0.4) is 0 Å². The third kappa shape index (κ3) is 4.96. The van der Waals surface area contributed by atoms with Gasteiger partial charge in [-0.05, 0) is 52.1 Å². The minimum atomic E-state index is -1.11. The molecular weight excluding hydrogens is 440 g/mol. The number of carbonyl (C=O) groups is 1. The minimum Gasteiger partial charge on any atom is -0.467 e. The van der Waals surface area contributed by atoms with Gasteiger partial charge >= 0.3 is 13.1 Å². The molecule has 0 saturated heterocycles. The Labute approximate surface area is 150 Å². The highest BCUT2D eigenvalue weighted by molar-refractivity contribution is 14.2. The quantitative estimate of drug-likeness (QED) is 0.317. The van der Waals surface area contributed by atoms with Crippen molar-refractivity contribution in [3.8, 4) is 5.75 Å². The molecule has 1 N–H and O–H groups in total. The SMILES string of the molecule is CC.CCOC(=O)CC1OB(O)c2cc(OPI)cc(Cl)c21. The van der Waals surface area contributed by atoms with E-state index >= 15 is 0 Å². The minimum absolute atomic E-state index is 0.0197. The van der Waals surface area contributed by atoms with E-state index in [1.807, 2.05) is 13.8 Å². The number of rotatable bonds is 5. The van der Waals surface area contributed by atoms with Gasteiger partial charge in [-0.2, -0.15) is 0 Å². The third-order valence-corrected chi connectivity index (χ3v) is 4.12. The van der Waals surface area contributed by atoms with E-state index < -0.39 is 13.2 Å². The zero-order chi connectivity index (χ0) is 16.7. The molecule has 5 nitrogen and oxygen atoms in total. The van der Waals surface area contributed by atoms with E-state index in [0.717, 1.165) is 0 Å². The molecule has 0 bridgehead atoms. The Morgan fingerprint density at radius 3 is 2.82 bits per heavy atom. The van der Waals surface area contributed by atoms with Gasteiger partial charge in [0.15, 0.2) is 0 Å². The number of hydrogen-bond donors (Lipinski definition) is 1. The molecule has 22 heavy (non-hydrogen) atoms. The summed E-state index contributed by atoms with van der Waals surface area (Å²) in [6.45, 7) is 6.28. The lowest BCUT2D eigenvalue weighted by atomic mass is 9.79. The molecule has 2 atom stereocenters. The van der Waals surface area contributed by atoms with Crippen LogP contribution < -0.4 is 9.99 Å². The Morgan fingerprint density at radius 2 is 2.23 bits per heavy atom. The lowest BCUT2D eigenvalue weighted by Gasteiger charge is -2.13. The summed E-state index contributed by atoms with van der Waals surface area (Å²) in [5, 5.41) is 10.3. The highest BCUT2D eigenvalue weighted by Crippen LogP contribution is 2.37. The summed E-state index contributed by atoms with van der Waals surface area (Å²) >= 11 is 8.30. The maximum atomic E-state index is 11.5. The van der Waals surface area contributed by atoms with Crippen LogP contribution in [-0.4, -0.2) is 24.7 Å². The van der Waals surface area contributed by atoms with E-state index in [2.05, 4.69) is 22.0 Å². The predicted octanol–water partition coefficient (Wildman–Crippen LogP) is 3.40. The highest BCUT2D eigenvalue weighted by Gasteiger charge is 2.38. The summed E-state index contributed by atoms with van der Waals surface area (Å²) in [7, 11) is -1.11. The maximum absolute atomic E-state index is 11.5. The molecule has 0 fully saturated rings. The van der Waals surface area contributed by atoms with Crippen molar-refractivity contribution in [1.29, 1.82) is 0 Å². The first-order valence-corrected chi connectivity index (χ1v) is 11.3. The lowest BCUT2D eigenvalue weighted by molar-refractivity contribution is -0.145. The number of carbonyl (C=O) groups excluding carboxylic acids is 1. The number of ether oxygens (including phenoxy) is 1. The summed E-state index contributed by atoms with van der Waals surface area (Å²) in [5.41, 5.74) is 1.16. The largest absolute Gasteiger partial charge is 0.492 e. The molecule has 1 aliphatic heterocycles. The fraction of sp³-hybridized carbons (Fsp3) is 0.462. The van der Waals surface area contributed by atoms with Gasteiger partial charge in [0, 0.05) is 5.02 Å². The number of hydrogen-bond acceptors (Lipinski definition) is 5. The molecule has 1 heterocycles. The van der Waals surface area contributed by atoms with Crippen molar-refractivity contribution in [3.05, 3.63) is 22.7 Å². The molecule has 122 valence electrons. The van der Waals surface area contributed by atoms with Gasteiger partial charge in [-0.15, -0.1) is 0 Å². The van der Waals surface area contributed by atoms with Crippen molar-refractivity contribution in [1.82, 2.24) is 0 Å². The van der Waals surface area contributed by atoms with E-state index in [1.54, 1.807) is 19.1 Å². The molecule has 1 aromatic carbocycles. The average molecular weight is 458 g/mol. The fourth-order valence-electron chi connectivity index (χ4n) is 2.08. The fourth-order valence-corrected chi connectivity index (χ4v) is 3.39. The van der Waals surface area contributed by atoms with Gasteiger partial charge in [0.2, 0.25) is 0 Å². The third-order valence-electron chi connectivity index (χ3n) is 2.83. The topological polar surface area (TPSA) is 65.0 Å². The molecule has 0 radical (unpaired) electrons. The normalized spacial score (nSPS) is 16.3. The van der Waals surface area contributed by atoms with Crippen LogP contribution in [0.1, 0.15) is 38.9 Å². The second-order valence-electron chi connectivity index (χ2n) is 4.07. The van der Waals surface area contributed by atoms with Crippen LogP contribution in [0.15, 0.2) is 12.1 Å². The van der Waals surface area contributed by atoms with E-state index in [0.29, 0.717) is 28.4 Å². The van der Waals surface area contributed by atoms with Crippen LogP contribution in [0, 0.1) is 0 Å². The Bertz CT molecular complexity index is 519. The molecule has 0 amide bonds. The van der Waals surface area contributed by atoms with E-state index in [-0.39, 0.29) is 18.8 Å². The number of esters is 1. The average Bonchev–Trinajstić information content (AvgIpc) is 2.78. The van der Waals surface area contributed by atoms with Gasteiger partial charge < -0.3 is 18.9 Å². The van der Waals surface area contributed by atoms with Crippen molar-refractivity contribution < 1.29 is 23.7 Å². The summed E-state index contributed by atoms with van der Waals surface area (Å²) in [6, 6.07) is 3.34. The first kappa shape index (κ1) is 20.0. The van der Waals surface area contributed by atoms with Gasteiger partial charge in [0.25, 0.3) is 0 Å². The molecule has 0 aromatic heterocycles. The van der Waals surface area contributed by atoms with E-state index in [9.17, 15) is 9.82 Å². The second kappa shape index (κ2) is 9.93. The Hall–Kier alpha value is -0.0751.